The number of nitrogens with two attached hydrogens (primary N) is 1. The minimum Gasteiger partial charge on any atom is -0.397 e. The molecule has 0 saturated heterocycles. The van der Waals surface area contributed by atoms with Gasteiger partial charge < -0.3 is 10.3 Å². The molecule has 2 rings (SSSR count). The van der Waals surface area contributed by atoms with Crippen LogP contribution in [0.15, 0.2) is 30.3 Å². The van der Waals surface area contributed by atoms with Crippen LogP contribution in [0.2, 0.25) is 0 Å². The van der Waals surface area contributed by atoms with Crippen molar-refractivity contribution in [2.75, 3.05) is 5.73 Å². The van der Waals surface area contributed by atoms with Crippen molar-refractivity contribution < 1.29 is 4.39 Å². The Morgan fingerprint density at radius 2 is 2.17 bits per heavy atom. The van der Waals surface area contributed by atoms with Crippen LogP contribution >= 0.6 is 0 Å². The molecule has 0 fully saturated rings. The highest BCUT2D eigenvalue weighted by Gasteiger charge is 2.11. The maximum absolute atomic E-state index is 13.1. The summed E-state index contributed by atoms with van der Waals surface area (Å²) >= 11 is 0. The zero-order chi connectivity index (χ0) is 13.1. The predicted molar refractivity (Wildman–Crippen MR) is 68.4 cm³/mol. The lowest BCUT2D eigenvalue weighted by Crippen LogP contribution is -2.07. The molecule has 0 spiro atoms. The summed E-state index contributed by atoms with van der Waals surface area (Å²) in [5.41, 5.74) is 8.72. The van der Waals surface area contributed by atoms with Crippen molar-refractivity contribution in [1.82, 2.24) is 4.57 Å². The third-order valence-electron chi connectivity index (χ3n) is 2.92. The van der Waals surface area contributed by atoms with Crippen molar-refractivity contribution in [2.24, 2.45) is 0 Å². The molecule has 0 radical (unpaired) electrons. The first kappa shape index (κ1) is 12.2. The van der Waals surface area contributed by atoms with Gasteiger partial charge in [0.05, 0.1) is 5.69 Å². The molecule has 3 nitrogen and oxygen atoms in total. The monoisotopic (exact) mass is 243 g/mol. The number of anilines is 1. The third kappa shape index (κ3) is 2.21. The van der Waals surface area contributed by atoms with Gasteiger partial charge in [0.2, 0.25) is 0 Å². The summed E-state index contributed by atoms with van der Waals surface area (Å²) in [6, 6.07) is 10.1. The average Bonchev–Trinajstić information content (AvgIpc) is 2.65. The van der Waals surface area contributed by atoms with Crippen LogP contribution in [0.1, 0.15) is 23.9 Å². The number of nitriles is 1. The standard InChI is InChI=1S/C14H14FN3/c1-2-14-13(17)7-12(8-16)18(14)9-10-4-3-5-11(15)6-10/h3-7H,2,9,17H2,1H3. The number of benzene rings is 1. The fourth-order valence-corrected chi connectivity index (χ4v) is 2.10. The van der Waals surface area contributed by atoms with Crippen molar-refractivity contribution in [1.29, 1.82) is 5.26 Å². The van der Waals surface area contributed by atoms with Crippen molar-refractivity contribution in [2.45, 2.75) is 19.9 Å². The zero-order valence-electron chi connectivity index (χ0n) is 10.2. The van der Waals surface area contributed by atoms with Crippen LogP contribution in [-0.2, 0) is 13.0 Å². The van der Waals surface area contributed by atoms with Gasteiger partial charge in [-0.1, -0.05) is 19.1 Å². The number of hydrogen-bond acceptors (Lipinski definition) is 2. The first-order valence-corrected chi connectivity index (χ1v) is 5.78. The quantitative estimate of drug-likeness (QED) is 0.901. The molecule has 1 heterocycles. The summed E-state index contributed by atoms with van der Waals surface area (Å²) in [4.78, 5) is 0. The van der Waals surface area contributed by atoms with E-state index in [1.165, 1.54) is 12.1 Å². The van der Waals surface area contributed by atoms with E-state index >= 15 is 0 Å². The van der Waals surface area contributed by atoms with E-state index in [0.717, 1.165) is 17.7 Å². The van der Waals surface area contributed by atoms with Crippen LogP contribution in [0.5, 0.6) is 0 Å². The van der Waals surface area contributed by atoms with Gasteiger partial charge in [0.25, 0.3) is 0 Å². The molecule has 92 valence electrons. The van der Waals surface area contributed by atoms with Gasteiger partial charge in [-0.3, -0.25) is 0 Å². The molecular formula is C14H14FN3. The van der Waals surface area contributed by atoms with Gasteiger partial charge in [0.1, 0.15) is 17.6 Å². The maximum Gasteiger partial charge on any atom is 0.123 e. The van der Waals surface area contributed by atoms with Gasteiger partial charge in [-0.2, -0.15) is 5.26 Å². The SMILES string of the molecule is CCc1c(N)cc(C#N)n1Cc1cccc(F)c1. The molecule has 0 aliphatic rings. The summed E-state index contributed by atoms with van der Waals surface area (Å²) in [5.74, 6) is -0.274. The second-order valence-corrected chi connectivity index (χ2v) is 4.11. The van der Waals surface area contributed by atoms with E-state index < -0.39 is 0 Å². The van der Waals surface area contributed by atoms with Crippen LogP contribution in [0.3, 0.4) is 0 Å². The normalized spacial score (nSPS) is 10.3. The van der Waals surface area contributed by atoms with E-state index in [0.29, 0.717) is 17.9 Å². The molecular weight excluding hydrogens is 229 g/mol. The van der Waals surface area contributed by atoms with Crippen LogP contribution in [0.4, 0.5) is 10.1 Å². The van der Waals surface area contributed by atoms with E-state index in [9.17, 15) is 4.39 Å². The molecule has 1 aromatic carbocycles. The number of hydrogen-bond donors (Lipinski definition) is 1. The molecule has 2 N–H and O–H groups in total. The smallest absolute Gasteiger partial charge is 0.123 e. The molecule has 2 aromatic rings. The average molecular weight is 243 g/mol. The Hall–Kier alpha value is -2.28. The van der Waals surface area contributed by atoms with Crippen molar-refractivity contribution in [3.05, 3.63) is 53.1 Å². The molecule has 0 aliphatic carbocycles. The topological polar surface area (TPSA) is 54.7 Å². The van der Waals surface area contributed by atoms with Crippen LogP contribution < -0.4 is 5.73 Å². The number of rotatable bonds is 3. The predicted octanol–water partition coefficient (Wildman–Crippen LogP) is 2.69. The molecule has 4 heteroatoms. The third-order valence-corrected chi connectivity index (χ3v) is 2.92. The van der Waals surface area contributed by atoms with Gasteiger partial charge in [0, 0.05) is 12.2 Å². The number of aromatic nitrogens is 1. The highest BCUT2D eigenvalue weighted by Crippen LogP contribution is 2.20. The Labute approximate surface area is 105 Å². The fraction of sp³-hybridized carbons (Fsp3) is 0.214. The van der Waals surface area contributed by atoms with Crippen LogP contribution in [0, 0.1) is 17.1 Å². The fourth-order valence-electron chi connectivity index (χ4n) is 2.10. The largest absolute Gasteiger partial charge is 0.397 e. The minimum atomic E-state index is -0.274. The highest BCUT2D eigenvalue weighted by molar-refractivity contribution is 5.51. The van der Waals surface area contributed by atoms with Gasteiger partial charge in [-0.05, 0) is 30.2 Å². The number of halogens is 1. The molecule has 0 unspecified atom stereocenters. The first-order chi connectivity index (χ1) is 8.65. The number of nitrogens with zero attached hydrogens (tertiary/aromatic N) is 2. The molecule has 18 heavy (non-hydrogen) atoms. The molecule has 0 bridgehead atoms. The van der Waals surface area contributed by atoms with E-state index in [2.05, 4.69) is 6.07 Å². The zero-order valence-corrected chi connectivity index (χ0v) is 10.2. The Morgan fingerprint density at radius 1 is 1.39 bits per heavy atom. The van der Waals surface area contributed by atoms with Crippen molar-refractivity contribution in [3.63, 3.8) is 0 Å². The number of nitrogen functional groups attached to an aromatic ring is 1. The van der Waals surface area contributed by atoms with Gasteiger partial charge >= 0.3 is 0 Å². The highest BCUT2D eigenvalue weighted by atomic mass is 19.1. The molecule has 0 saturated carbocycles. The second-order valence-electron chi connectivity index (χ2n) is 4.11. The summed E-state index contributed by atoms with van der Waals surface area (Å²) < 4.78 is 15.0. The summed E-state index contributed by atoms with van der Waals surface area (Å²) in [6.07, 6.45) is 0.739. The second kappa shape index (κ2) is 4.92. The van der Waals surface area contributed by atoms with E-state index in [1.807, 2.05) is 17.6 Å². The lowest BCUT2D eigenvalue weighted by molar-refractivity contribution is 0.622. The van der Waals surface area contributed by atoms with Crippen LogP contribution in [-0.4, -0.2) is 4.57 Å². The van der Waals surface area contributed by atoms with Gasteiger partial charge in [0.15, 0.2) is 0 Å². The molecule has 1 aromatic heterocycles. The summed E-state index contributed by atoms with van der Waals surface area (Å²) in [5, 5.41) is 9.08. The molecule has 0 amide bonds. The van der Waals surface area contributed by atoms with Crippen molar-refractivity contribution in [3.8, 4) is 6.07 Å². The Bertz CT molecular complexity index is 608. The summed E-state index contributed by atoms with van der Waals surface area (Å²) in [7, 11) is 0. The Kier molecular flexibility index (Phi) is 3.33. The van der Waals surface area contributed by atoms with Crippen molar-refractivity contribution >= 4 is 5.69 Å². The van der Waals surface area contributed by atoms with E-state index in [1.54, 1.807) is 12.1 Å². The van der Waals surface area contributed by atoms with Gasteiger partial charge in [-0.15, -0.1) is 0 Å². The molecule has 0 atom stereocenters. The van der Waals surface area contributed by atoms with E-state index in [-0.39, 0.29) is 5.82 Å². The lowest BCUT2D eigenvalue weighted by Gasteiger charge is -2.10. The van der Waals surface area contributed by atoms with Gasteiger partial charge in [-0.25, -0.2) is 4.39 Å². The summed E-state index contributed by atoms with van der Waals surface area (Å²) in [6.45, 7) is 2.44. The Balaban J connectivity index is 2.42. The van der Waals surface area contributed by atoms with E-state index in [4.69, 9.17) is 11.0 Å². The Morgan fingerprint density at radius 3 is 2.78 bits per heavy atom. The maximum atomic E-state index is 13.1. The van der Waals surface area contributed by atoms with Crippen LogP contribution in [0.25, 0.3) is 0 Å². The molecule has 0 aliphatic heterocycles. The lowest BCUT2D eigenvalue weighted by atomic mass is 10.2. The first-order valence-electron chi connectivity index (χ1n) is 5.78. The minimum absolute atomic E-state index is 0.274.